The number of amides is 1. The summed E-state index contributed by atoms with van der Waals surface area (Å²) in [7, 11) is 3.20. The smallest absolute Gasteiger partial charge is 0.224 e. The van der Waals surface area contributed by atoms with E-state index in [-0.39, 0.29) is 12.3 Å². The Labute approximate surface area is 150 Å². The van der Waals surface area contributed by atoms with Crippen LogP contribution in [0, 0.1) is 0 Å². The molecule has 0 saturated carbocycles. The monoisotopic (exact) mass is 353 g/mol. The predicted molar refractivity (Wildman–Crippen MR) is 94.3 cm³/mol. The average Bonchev–Trinajstić information content (AvgIpc) is 3.21. The molecule has 0 aliphatic carbocycles. The summed E-state index contributed by atoms with van der Waals surface area (Å²) in [5.41, 5.74) is 2.59. The molecule has 0 aliphatic rings. The standard InChI is InChI=1S/C18H19N5O3/c1-25-16-7-8-17(26-2)14(10-16)11-19-18(24)9-13-3-5-15(6-4-13)23-12-20-21-22-23/h3-8,10,12H,9,11H2,1-2H3,(H,19,24). The lowest BCUT2D eigenvalue weighted by molar-refractivity contribution is -0.120. The van der Waals surface area contributed by atoms with Crippen molar-refractivity contribution in [3.8, 4) is 17.2 Å². The van der Waals surface area contributed by atoms with Gasteiger partial charge in [0.1, 0.15) is 17.8 Å². The zero-order valence-corrected chi connectivity index (χ0v) is 14.5. The summed E-state index contributed by atoms with van der Waals surface area (Å²) < 4.78 is 12.1. The van der Waals surface area contributed by atoms with E-state index in [1.54, 1.807) is 18.9 Å². The molecular formula is C18H19N5O3. The molecule has 0 atom stereocenters. The highest BCUT2D eigenvalue weighted by Crippen LogP contribution is 2.23. The number of nitrogens with zero attached hydrogens (tertiary/aromatic N) is 4. The van der Waals surface area contributed by atoms with E-state index in [0.29, 0.717) is 18.0 Å². The van der Waals surface area contributed by atoms with Gasteiger partial charge in [-0.05, 0) is 46.3 Å². The zero-order chi connectivity index (χ0) is 18.4. The molecule has 0 unspecified atom stereocenters. The Bertz CT molecular complexity index is 863. The highest BCUT2D eigenvalue weighted by atomic mass is 16.5. The molecule has 3 aromatic rings. The summed E-state index contributed by atoms with van der Waals surface area (Å²) in [6.45, 7) is 0.363. The number of nitrogens with one attached hydrogen (secondary N) is 1. The minimum Gasteiger partial charge on any atom is -0.497 e. The zero-order valence-electron chi connectivity index (χ0n) is 14.5. The van der Waals surface area contributed by atoms with Crippen molar-refractivity contribution in [3.63, 3.8) is 0 Å². The first kappa shape index (κ1) is 17.4. The quantitative estimate of drug-likeness (QED) is 0.693. The molecule has 26 heavy (non-hydrogen) atoms. The van der Waals surface area contributed by atoms with E-state index in [4.69, 9.17) is 9.47 Å². The fraction of sp³-hybridized carbons (Fsp3) is 0.222. The van der Waals surface area contributed by atoms with Crippen molar-refractivity contribution in [2.45, 2.75) is 13.0 Å². The molecule has 0 aliphatic heterocycles. The Morgan fingerprint density at radius 2 is 1.92 bits per heavy atom. The van der Waals surface area contributed by atoms with Crippen LogP contribution in [0.15, 0.2) is 48.8 Å². The van der Waals surface area contributed by atoms with Gasteiger partial charge in [0.15, 0.2) is 0 Å². The molecule has 0 bridgehead atoms. The van der Waals surface area contributed by atoms with E-state index in [1.807, 2.05) is 42.5 Å². The van der Waals surface area contributed by atoms with Crippen LogP contribution in [-0.2, 0) is 17.8 Å². The molecule has 0 radical (unpaired) electrons. The summed E-state index contributed by atoms with van der Waals surface area (Å²) in [6.07, 6.45) is 1.80. The van der Waals surface area contributed by atoms with Crippen LogP contribution in [0.2, 0.25) is 0 Å². The third-order valence-electron chi connectivity index (χ3n) is 3.88. The maximum Gasteiger partial charge on any atom is 0.224 e. The largest absolute Gasteiger partial charge is 0.497 e. The van der Waals surface area contributed by atoms with E-state index in [2.05, 4.69) is 20.8 Å². The number of methoxy groups -OCH3 is 2. The number of tetrazole rings is 1. The molecule has 0 saturated heterocycles. The lowest BCUT2D eigenvalue weighted by Crippen LogP contribution is -2.24. The van der Waals surface area contributed by atoms with Crippen LogP contribution in [0.5, 0.6) is 11.5 Å². The van der Waals surface area contributed by atoms with Crippen LogP contribution in [0.1, 0.15) is 11.1 Å². The van der Waals surface area contributed by atoms with E-state index in [1.165, 1.54) is 6.33 Å². The average molecular weight is 353 g/mol. The van der Waals surface area contributed by atoms with E-state index < -0.39 is 0 Å². The SMILES string of the molecule is COc1ccc(OC)c(CNC(=O)Cc2ccc(-n3cnnn3)cc2)c1. The first-order chi connectivity index (χ1) is 12.7. The van der Waals surface area contributed by atoms with E-state index in [9.17, 15) is 4.79 Å². The molecule has 8 heteroatoms. The number of rotatable bonds is 7. The molecule has 1 aromatic heterocycles. The number of hydrogen-bond acceptors (Lipinski definition) is 6. The van der Waals surface area contributed by atoms with E-state index in [0.717, 1.165) is 16.8 Å². The molecule has 1 heterocycles. The van der Waals surface area contributed by atoms with Gasteiger partial charge in [-0.3, -0.25) is 4.79 Å². The van der Waals surface area contributed by atoms with Gasteiger partial charge < -0.3 is 14.8 Å². The Hall–Kier alpha value is -3.42. The summed E-state index contributed by atoms with van der Waals surface area (Å²) in [6, 6.07) is 13.0. The van der Waals surface area contributed by atoms with Gasteiger partial charge in [-0.25, -0.2) is 4.68 Å². The number of ether oxygens (including phenoxy) is 2. The van der Waals surface area contributed by atoms with Crippen LogP contribution in [0.4, 0.5) is 0 Å². The second kappa shape index (κ2) is 8.11. The third-order valence-corrected chi connectivity index (χ3v) is 3.88. The Kier molecular flexibility index (Phi) is 5.43. The third kappa shape index (κ3) is 4.15. The molecule has 134 valence electrons. The minimum atomic E-state index is -0.0787. The van der Waals surface area contributed by atoms with Crippen molar-refractivity contribution >= 4 is 5.91 Å². The Balaban J connectivity index is 1.59. The van der Waals surface area contributed by atoms with Crippen LogP contribution < -0.4 is 14.8 Å². The van der Waals surface area contributed by atoms with Crippen LogP contribution in [0.3, 0.4) is 0 Å². The number of benzene rings is 2. The summed E-state index contributed by atoms with van der Waals surface area (Å²) >= 11 is 0. The lowest BCUT2D eigenvalue weighted by Gasteiger charge is -2.11. The van der Waals surface area contributed by atoms with Gasteiger partial charge in [-0.2, -0.15) is 0 Å². The minimum absolute atomic E-state index is 0.0787. The Morgan fingerprint density at radius 1 is 1.12 bits per heavy atom. The maximum atomic E-state index is 12.2. The Morgan fingerprint density at radius 3 is 2.58 bits per heavy atom. The normalized spacial score (nSPS) is 10.4. The molecule has 0 fully saturated rings. The van der Waals surface area contributed by atoms with Gasteiger partial charge in [0.25, 0.3) is 0 Å². The first-order valence-electron chi connectivity index (χ1n) is 7.99. The first-order valence-corrected chi connectivity index (χ1v) is 7.99. The molecule has 1 N–H and O–H groups in total. The van der Waals surface area contributed by atoms with Gasteiger partial charge in [-0.15, -0.1) is 5.10 Å². The fourth-order valence-corrected chi connectivity index (χ4v) is 2.51. The van der Waals surface area contributed by atoms with Crippen molar-refractivity contribution in [1.82, 2.24) is 25.5 Å². The van der Waals surface area contributed by atoms with Crippen molar-refractivity contribution in [2.24, 2.45) is 0 Å². The molecule has 1 amide bonds. The van der Waals surface area contributed by atoms with Gasteiger partial charge in [0.2, 0.25) is 5.91 Å². The highest BCUT2D eigenvalue weighted by molar-refractivity contribution is 5.78. The van der Waals surface area contributed by atoms with Gasteiger partial charge >= 0.3 is 0 Å². The van der Waals surface area contributed by atoms with Crippen LogP contribution in [-0.4, -0.2) is 40.3 Å². The van der Waals surface area contributed by atoms with Gasteiger partial charge in [-0.1, -0.05) is 12.1 Å². The van der Waals surface area contributed by atoms with E-state index >= 15 is 0 Å². The topological polar surface area (TPSA) is 91.2 Å². The summed E-state index contributed by atoms with van der Waals surface area (Å²) in [5.74, 6) is 1.34. The number of carbonyl (C=O) groups excluding carboxylic acids is 1. The molecule has 0 spiro atoms. The molecule has 2 aromatic carbocycles. The summed E-state index contributed by atoms with van der Waals surface area (Å²) in [5, 5.41) is 13.9. The number of hydrogen-bond donors (Lipinski definition) is 1. The lowest BCUT2D eigenvalue weighted by atomic mass is 10.1. The number of aromatic nitrogens is 4. The summed E-state index contributed by atoms with van der Waals surface area (Å²) in [4.78, 5) is 12.2. The van der Waals surface area contributed by atoms with Gasteiger partial charge in [0.05, 0.1) is 26.3 Å². The second-order valence-electron chi connectivity index (χ2n) is 5.55. The molecule has 8 nitrogen and oxygen atoms in total. The van der Waals surface area contributed by atoms with Crippen LogP contribution >= 0.6 is 0 Å². The second-order valence-corrected chi connectivity index (χ2v) is 5.55. The predicted octanol–water partition coefficient (Wildman–Crippen LogP) is 1.54. The van der Waals surface area contributed by atoms with Crippen molar-refractivity contribution in [3.05, 3.63) is 59.9 Å². The highest BCUT2D eigenvalue weighted by Gasteiger charge is 2.08. The fourth-order valence-electron chi connectivity index (χ4n) is 2.51. The number of carbonyl (C=O) groups is 1. The molecule has 3 rings (SSSR count). The van der Waals surface area contributed by atoms with Gasteiger partial charge in [0, 0.05) is 12.1 Å². The van der Waals surface area contributed by atoms with Crippen molar-refractivity contribution in [2.75, 3.05) is 14.2 Å². The van der Waals surface area contributed by atoms with Crippen molar-refractivity contribution in [1.29, 1.82) is 0 Å². The van der Waals surface area contributed by atoms with Crippen molar-refractivity contribution < 1.29 is 14.3 Å². The van der Waals surface area contributed by atoms with Crippen LogP contribution in [0.25, 0.3) is 5.69 Å². The maximum absolute atomic E-state index is 12.2. The molecular weight excluding hydrogens is 334 g/mol.